The van der Waals surface area contributed by atoms with Crippen molar-refractivity contribution in [1.82, 2.24) is 0 Å². The van der Waals surface area contributed by atoms with Gasteiger partial charge in [0.15, 0.2) is 11.2 Å². The minimum atomic E-state index is 0.0980. The molecule has 0 amide bonds. The van der Waals surface area contributed by atoms with Crippen LogP contribution in [0.2, 0.25) is 0 Å². The highest BCUT2D eigenvalue weighted by Gasteiger charge is 2.42. The Morgan fingerprint density at radius 2 is 1.00 bits per heavy atom. The fourth-order valence-electron chi connectivity index (χ4n) is 8.12. The molecule has 214 valence electrons. The molecule has 0 unspecified atom stereocenters. The first-order valence-corrected chi connectivity index (χ1v) is 15.5. The van der Waals surface area contributed by atoms with Gasteiger partial charge < -0.3 is 13.7 Å². The fraction of sp³-hybridized carbons (Fsp3) is 0.171. The third-order valence-electron chi connectivity index (χ3n) is 9.83. The first-order valence-electron chi connectivity index (χ1n) is 15.5. The molecule has 0 radical (unpaired) electrons. The largest absolute Gasteiger partial charge is 0.454 e. The Balaban J connectivity index is 1.38. The quantitative estimate of drug-likeness (QED) is 0.211. The van der Waals surface area contributed by atoms with Gasteiger partial charge in [0.25, 0.3) is 0 Å². The fourth-order valence-corrected chi connectivity index (χ4v) is 8.12. The molecule has 8 aromatic rings. The molecule has 44 heavy (non-hydrogen) atoms. The summed E-state index contributed by atoms with van der Waals surface area (Å²) in [7, 11) is 0. The lowest BCUT2D eigenvalue weighted by molar-refractivity contribution is 0.403. The van der Waals surface area contributed by atoms with E-state index in [4.69, 9.17) is 8.83 Å². The molecular formula is C41H33NO2. The number of para-hydroxylation sites is 3. The van der Waals surface area contributed by atoms with E-state index in [0.29, 0.717) is 0 Å². The van der Waals surface area contributed by atoms with Crippen LogP contribution < -0.4 is 4.90 Å². The third kappa shape index (κ3) is 3.50. The van der Waals surface area contributed by atoms with Gasteiger partial charge in [0, 0.05) is 26.9 Å². The molecule has 0 atom stereocenters. The Hall–Kier alpha value is -5.02. The number of hydrogen-bond donors (Lipinski definition) is 0. The molecule has 3 nitrogen and oxygen atoms in total. The van der Waals surface area contributed by atoms with E-state index in [1.807, 2.05) is 12.1 Å². The number of nitrogens with zero attached hydrogens (tertiary/aromatic N) is 1. The summed E-state index contributed by atoms with van der Waals surface area (Å²) in [6.45, 7) is 9.46. The standard InChI is InChI=1S/C41H33NO2/c1-40(2)24-41(3,4)32-23-37-30(22-31(32)40)29-17-11-20-35(39(29)44-37)42(33-18-9-13-25-12-5-6-14-26(25)33)34-19-10-16-28-27-15-7-8-21-36(27)43-38(28)34/h5-23H,24H2,1-4H3. The third-order valence-corrected chi connectivity index (χ3v) is 9.83. The number of fused-ring (bicyclic) bond motifs is 8. The average molecular weight is 572 g/mol. The summed E-state index contributed by atoms with van der Waals surface area (Å²) in [4.78, 5) is 2.33. The molecule has 0 spiro atoms. The lowest BCUT2D eigenvalue weighted by Crippen LogP contribution is -2.17. The van der Waals surface area contributed by atoms with E-state index in [9.17, 15) is 0 Å². The Morgan fingerprint density at radius 1 is 0.477 bits per heavy atom. The summed E-state index contributed by atoms with van der Waals surface area (Å²) in [5, 5.41) is 6.86. The molecular weight excluding hydrogens is 538 g/mol. The van der Waals surface area contributed by atoms with E-state index in [-0.39, 0.29) is 10.8 Å². The van der Waals surface area contributed by atoms with E-state index in [2.05, 4.69) is 136 Å². The molecule has 6 aromatic carbocycles. The first kappa shape index (κ1) is 25.5. The predicted octanol–water partition coefficient (Wildman–Crippen LogP) is 12.1. The van der Waals surface area contributed by atoms with Crippen molar-refractivity contribution in [3.05, 3.63) is 126 Å². The van der Waals surface area contributed by atoms with Gasteiger partial charge in [-0.2, -0.15) is 0 Å². The molecule has 9 rings (SSSR count). The van der Waals surface area contributed by atoms with Gasteiger partial charge in [0.2, 0.25) is 0 Å². The molecule has 0 aliphatic heterocycles. The van der Waals surface area contributed by atoms with Gasteiger partial charge in [0.05, 0.1) is 17.1 Å². The maximum Gasteiger partial charge on any atom is 0.159 e. The van der Waals surface area contributed by atoms with Crippen molar-refractivity contribution in [1.29, 1.82) is 0 Å². The monoisotopic (exact) mass is 571 g/mol. The van der Waals surface area contributed by atoms with Crippen LogP contribution >= 0.6 is 0 Å². The van der Waals surface area contributed by atoms with Crippen LogP contribution in [0.25, 0.3) is 54.6 Å². The minimum Gasteiger partial charge on any atom is -0.454 e. The molecule has 3 heteroatoms. The summed E-state index contributed by atoms with van der Waals surface area (Å²) in [5.41, 5.74) is 9.64. The topological polar surface area (TPSA) is 29.5 Å². The number of rotatable bonds is 3. The smallest absolute Gasteiger partial charge is 0.159 e. The molecule has 0 saturated heterocycles. The van der Waals surface area contributed by atoms with E-state index >= 15 is 0 Å². The molecule has 2 aromatic heterocycles. The Bertz CT molecular complexity index is 2430. The molecule has 0 bridgehead atoms. The maximum absolute atomic E-state index is 6.91. The normalized spacial score (nSPS) is 15.5. The van der Waals surface area contributed by atoms with Crippen LogP contribution in [0, 0.1) is 0 Å². The van der Waals surface area contributed by atoms with Crippen LogP contribution in [0.1, 0.15) is 45.2 Å². The average Bonchev–Trinajstić information content (AvgIpc) is 3.64. The summed E-state index contributed by atoms with van der Waals surface area (Å²) in [5.74, 6) is 0. The van der Waals surface area contributed by atoms with Crippen molar-refractivity contribution in [2.45, 2.75) is 44.9 Å². The second-order valence-corrected chi connectivity index (χ2v) is 13.7. The van der Waals surface area contributed by atoms with E-state index < -0.39 is 0 Å². The number of benzene rings is 6. The van der Waals surface area contributed by atoms with Crippen molar-refractivity contribution in [3.8, 4) is 0 Å². The second-order valence-electron chi connectivity index (χ2n) is 13.7. The Kier molecular flexibility index (Phi) is 5.07. The maximum atomic E-state index is 6.91. The van der Waals surface area contributed by atoms with Crippen molar-refractivity contribution in [2.24, 2.45) is 0 Å². The summed E-state index contributed by atoms with van der Waals surface area (Å²) >= 11 is 0. The van der Waals surface area contributed by atoms with E-state index in [1.165, 1.54) is 27.3 Å². The van der Waals surface area contributed by atoms with Gasteiger partial charge in [-0.15, -0.1) is 0 Å². The summed E-state index contributed by atoms with van der Waals surface area (Å²) in [6.07, 6.45) is 1.13. The zero-order chi connectivity index (χ0) is 29.8. The second kappa shape index (κ2) is 8.76. The van der Waals surface area contributed by atoms with Crippen LogP contribution in [0.3, 0.4) is 0 Å². The number of hydrogen-bond acceptors (Lipinski definition) is 3. The Labute approximate surface area is 256 Å². The first-order chi connectivity index (χ1) is 21.3. The van der Waals surface area contributed by atoms with Gasteiger partial charge in [-0.3, -0.25) is 0 Å². The SMILES string of the molecule is CC1(C)CC(C)(C)c2cc3c(cc21)oc1c(N(c2cccc4ccccc24)c2cccc4c2oc2ccccc24)cccc13. The van der Waals surface area contributed by atoms with Crippen molar-refractivity contribution < 1.29 is 8.83 Å². The highest BCUT2D eigenvalue weighted by Crippen LogP contribution is 2.52. The number of anilines is 3. The number of furan rings is 2. The van der Waals surface area contributed by atoms with Gasteiger partial charge in [-0.05, 0) is 70.2 Å². The van der Waals surface area contributed by atoms with Crippen molar-refractivity contribution in [2.75, 3.05) is 4.90 Å². The highest BCUT2D eigenvalue weighted by molar-refractivity contribution is 6.15. The van der Waals surface area contributed by atoms with Crippen LogP contribution in [0.5, 0.6) is 0 Å². The lowest BCUT2D eigenvalue weighted by Gasteiger charge is -2.27. The molecule has 0 N–H and O–H groups in total. The van der Waals surface area contributed by atoms with Gasteiger partial charge in [0.1, 0.15) is 11.2 Å². The zero-order valence-electron chi connectivity index (χ0n) is 25.4. The predicted molar refractivity (Wildman–Crippen MR) is 184 cm³/mol. The van der Waals surface area contributed by atoms with Gasteiger partial charge in [-0.1, -0.05) is 107 Å². The van der Waals surface area contributed by atoms with E-state index in [1.54, 1.807) is 0 Å². The molecule has 2 heterocycles. The highest BCUT2D eigenvalue weighted by atomic mass is 16.3. The minimum absolute atomic E-state index is 0.0980. The molecule has 1 aliphatic carbocycles. The van der Waals surface area contributed by atoms with Crippen molar-refractivity contribution in [3.63, 3.8) is 0 Å². The van der Waals surface area contributed by atoms with Crippen LogP contribution in [-0.2, 0) is 10.8 Å². The Morgan fingerprint density at radius 3 is 1.75 bits per heavy atom. The van der Waals surface area contributed by atoms with Crippen LogP contribution in [-0.4, -0.2) is 0 Å². The lowest BCUT2D eigenvalue weighted by atomic mass is 9.82. The molecule has 0 saturated carbocycles. The summed E-state index contributed by atoms with van der Waals surface area (Å²) in [6, 6.07) is 41.1. The van der Waals surface area contributed by atoms with Gasteiger partial charge in [-0.25, -0.2) is 0 Å². The molecule has 1 aliphatic rings. The van der Waals surface area contributed by atoms with Crippen LogP contribution in [0.4, 0.5) is 17.1 Å². The van der Waals surface area contributed by atoms with Crippen LogP contribution in [0.15, 0.2) is 124 Å². The summed E-state index contributed by atoms with van der Waals surface area (Å²) < 4.78 is 13.5. The zero-order valence-corrected chi connectivity index (χ0v) is 25.4. The van der Waals surface area contributed by atoms with E-state index in [0.717, 1.165) is 62.0 Å². The van der Waals surface area contributed by atoms with Crippen molar-refractivity contribution >= 4 is 71.7 Å². The van der Waals surface area contributed by atoms with Gasteiger partial charge >= 0.3 is 0 Å². The molecule has 0 fully saturated rings.